The van der Waals surface area contributed by atoms with Crippen LogP contribution in [0.3, 0.4) is 0 Å². The Morgan fingerprint density at radius 2 is 1.59 bits per heavy atom. The Hall–Kier alpha value is -2.86. The first-order valence-electron chi connectivity index (χ1n) is 14.1. The quantitative estimate of drug-likeness (QED) is 0.412. The Morgan fingerprint density at radius 3 is 2.32 bits per heavy atom. The summed E-state index contributed by atoms with van der Waals surface area (Å²) in [5, 5.41) is 3.37. The number of carbonyl (C=O) groups is 2. The van der Waals surface area contributed by atoms with E-state index in [4.69, 9.17) is 9.47 Å². The highest BCUT2D eigenvalue weighted by molar-refractivity contribution is 5.93. The number of benzene rings is 2. The number of nitrogens with one attached hydrogen (secondary N) is 1. The number of esters is 1. The van der Waals surface area contributed by atoms with Gasteiger partial charge in [-0.3, -0.25) is 4.79 Å². The summed E-state index contributed by atoms with van der Waals surface area (Å²) in [7, 11) is 3.78. The number of piperidine rings is 1. The van der Waals surface area contributed by atoms with Gasteiger partial charge in [0.25, 0.3) is 0 Å². The molecule has 1 aliphatic carbocycles. The van der Waals surface area contributed by atoms with Crippen LogP contribution < -0.4 is 10.1 Å². The van der Waals surface area contributed by atoms with Crippen LogP contribution in [0.2, 0.25) is 0 Å². The van der Waals surface area contributed by atoms with Crippen LogP contribution in [0, 0.1) is 5.92 Å². The molecule has 3 aliphatic rings. The number of amides is 1. The zero-order valence-corrected chi connectivity index (χ0v) is 22.3. The van der Waals surface area contributed by atoms with Crippen molar-refractivity contribution in [3.05, 3.63) is 59.2 Å². The van der Waals surface area contributed by atoms with Crippen LogP contribution in [0.1, 0.15) is 85.2 Å². The first kappa shape index (κ1) is 25.8. The number of hydrogen-bond acceptors (Lipinski definition) is 4. The second-order valence-electron chi connectivity index (χ2n) is 11.6. The van der Waals surface area contributed by atoms with Gasteiger partial charge in [-0.1, -0.05) is 50.3 Å². The van der Waals surface area contributed by atoms with Crippen LogP contribution >= 0.6 is 0 Å². The molecule has 1 atom stereocenters. The SMILES string of the molecule is COC(=O)c1ccc2c(c1)C(C(=O)NC1CC[N+](C)(CC3CCCCCCC3)CC1)c1ccccc1O2. The molecule has 198 valence electrons. The molecule has 2 fully saturated rings. The molecule has 1 saturated carbocycles. The average molecular weight is 506 g/mol. The van der Waals surface area contributed by atoms with Gasteiger partial charge in [-0.2, -0.15) is 0 Å². The molecular formula is C31H41N2O4+. The number of hydrogen-bond donors (Lipinski definition) is 1. The first-order valence-corrected chi connectivity index (χ1v) is 14.1. The maximum Gasteiger partial charge on any atom is 0.337 e. The van der Waals surface area contributed by atoms with Crippen molar-refractivity contribution < 1.29 is 23.5 Å². The number of quaternary nitrogens is 1. The van der Waals surface area contributed by atoms with E-state index in [0.29, 0.717) is 22.6 Å². The van der Waals surface area contributed by atoms with E-state index in [0.717, 1.165) is 41.9 Å². The Bertz CT molecular complexity index is 1110. The highest BCUT2D eigenvalue weighted by Gasteiger charge is 2.37. The molecule has 2 aromatic rings. The van der Waals surface area contributed by atoms with Gasteiger partial charge >= 0.3 is 5.97 Å². The normalized spacial score (nSPS) is 26.0. The van der Waals surface area contributed by atoms with Crippen molar-refractivity contribution in [2.75, 3.05) is 33.8 Å². The topological polar surface area (TPSA) is 64.6 Å². The van der Waals surface area contributed by atoms with Gasteiger partial charge in [0.1, 0.15) is 11.5 Å². The molecule has 2 aliphatic heterocycles. The summed E-state index contributed by atoms with van der Waals surface area (Å²) in [5.74, 6) is 1.17. The molecule has 1 saturated heterocycles. The van der Waals surface area contributed by atoms with Gasteiger partial charge in [-0.25, -0.2) is 4.79 Å². The van der Waals surface area contributed by atoms with E-state index in [1.807, 2.05) is 24.3 Å². The lowest BCUT2D eigenvalue weighted by Gasteiger charge is -2.43. The fraction of sp³-hybridized carbons (Fsp3) is 0.548. The summed E-state index contributed by atoms with van der Waals surface area (Å²) in [5.41, 5.74) is 1.96. The molecule has 1 amide bonds. The second kappa shape index (κ2) is 11.3. The van der Waals surface area contributed by atoms with Crippen LogP contribution in [0.4, 0.5) is 0 Å². The Labute approximate surface area is 220 Å². The van der Waals surface area contributed by atoms with Crippen LogP contribution in [-0.4, -0.2) is 56.2 Å². The van der Waals surface area contributed by atoms with Gasteiger partial charge in [0.2, 0.25) is 5.91 Å². The predicted octanol–water partition coefficient (Wildman–Crippen LogP) is 5.80. The number of rotatable bonds is 5. The Balaban J connectivity index is 1.28. The number of fused-ring (bicyclic) bond motifs is 2. The van der Waals surface area contributed by atoms with E-state index in [9.17, 15) is 9.59 Å². The van der Waals surface area contributed by atoms with Gasteiger partial charge in [0.05, 0.1) is 45.3 Å². The zero-order chi connectivity index (χ0) is 25.8. The lowest BCUT2D eigenvalue weighted by molar-refractivity contribution is -0.917. The Kier molecular flexibility index (Phi) is 7.84. The van der Waals surface area contributed by atoms with E-state index in [1.165, 1.54) is 58.6 Å². The van der Waals surface area contributed by atoms with E-state index >= 15 is 0 Å². The van der Waals surface area contributed by atoms with Crippen molar-refractivity contribution in [3.63, 3.8) is 0 Å². The second-order valence-corrected chi connectivity index (χ2v) is 11.6. The maximum absolute atomic E-state index is 13.8. The predicted molar refractivity (Wildman–Crippen MR) is 144 cm³/mol. The monoisotopic (exact) mass is 505 g/mol. The number of methoxy groups -OCH3 is 1. The van der Waals surface area contributed by atoms with Crippen molar-refractivity contribution >= 4 is 11.9 Å². The first-order chi connectivity index (χ1) is 18.0. The van der Waals surface area contributed by atoms with Crippen LogP contribution in [0.15, 0.2) is 42.5 Å². The molecule has 2 aromatic carbocycles. The standard InChI is InChI=1S/C31H40N2O4/c1-33(21-22-10-6-4-3-5-7-11-22)18-16-24(17-19-33)32-30(34)29-25-12-8-9-13-27(25)37-28-15-14-23(20-26(28)29)31(35)36-2/h8-9,12-15,20,22,24,29H,3-7,10-11,16-19,21H2,1-2H3/p+1. The molecule has 0 spiro atoms. The zero-order valence-electron chi connectivity index (χ0n) is 22.3. The number of nitrogens with zero attached hydrogens (tertiary/aromatic N) is 1. The lowest BCUT2D eigenvalue weighted by atomic mass is 9.85. The van der Waals surface area contributed by atoms with Crippen molar-refractivity contribution in [2.24, 2.45) is 5.92 Å². The number of likely N-dealkylation sites (tertiary alicyclic amines) is 1. The lowest BCUT2D eigenvalue weighted by Crippen LogP contribution is -2.56. The molecule has 0 radical (unpaired) electrons. The van der Waals surface area contributed by atoms with Crippen molar-refractivity contribution in [2.45, 2.75) is 69.7 Å². The van der Waals surface area contributed by atoms with Crippen molar-refractivity contribution in [3.8, 4) is 11.5 Å². The summed E-state index contributed by atoms with van der Waals surface area (Å²) in [6.07, 6.45) is 11.7. The van der Waals surface area contributed by atoms with E-state index < -0.39 is 11.9 Å². The van der Waals surface area contributed by atoms with Crippen LogP contribution in [-0.2, 0) is 9.53 Å². The van der Waals surface area contributed by atoms with Crippen LogP contribution in [0.5, 0.6) is 11.5 Å². The fourth-order valence-corrected chi connectivity index (χ4v) is 6.64. The minimum Gasteiger partial charge on any atom is -0.465 e. The fourth-order valence-electron chi connectivity index (χ4n) is 6.64. The van der Waals surface area contributed by atoms with Gasteiger partial charge < -0.3 is 19.3 Å². The third-order valence-corrected chi connectivity index (χ3v) is 8.76. The van der Waals surface area contributed by atoms with Crippen molar-refractivity contribution in [1.82, 2.24) is 5.32 Å². The molecule has 0 bridgehead atoms. The third kappa shape index (κ3) is 5.85. The molecule has 37 heavy (non-hydrogen) atoms. The summed E-state index contributed by atoms with van der Waals surface area (Å²) in [6, 6.07) is 13.0. The number of carbonyl (C=O) groups excluding carboxylic acids is 2. The van der Waals surface area contributed by atoms with Gasteiger partial charge in [0, 0.05) is 35.9 Å². The van der Waals surface area contributed by atoms with Gasteiger partial charge in [-0.15, -0.1) is 0 Å². The molecule has 6 nitrogen and oxygen atoms in total. The highest BCUT2D eigenvalue weighted by atomic mass is 16.5. The molecule has 2 heterocycles. The van der Waals surface area contributed by atoms with Gasteiger partial charge in [0.15, 0.2) is 0 Å². The Morgan fingerprint density at radius 1 is 0.919 bits per heavy atom. The van der Waals surface area contributed by atoms with E-state index in [1.54, 1.807) is 18.2 Å². The largest absolute Gasteiger partial charge is 0.465 e. The average Bonchev–Trinajstić information content (AvgIpc) is 2.89. The summed E-state index contributed by atoms with van der Waals surface area (Å²) in [6.45, 7) is 3.49. The minimum atomic E-state index is -0.526. The van der Waals surface area contributed by atoms with Gasteiger partial charge in [-0.05, 0) is 37.1 Å². The highest BCUT2D eigenvalue weighted by Crippen LogP contribution is 2.44. The summed E-state index contributed by atoms with van der Waals surface area (Å²) in [4.78, 5) is 26.0. The molecule has 5 rings (SSSR count). The van der Waals surface area contributed by atoms with Crippen LogP contribution in [0.25, 0.3) is 0 Å². The van der Waals surface area contributed by atoms with E-state index in [2.05, 4.69) is 12.4 Å². The molecule has 1 N–H and O–H groups in total. The third-order valence-electron chi connectivity index (χ3n) is 8.76. The minimum absolute atomic E-state index is 0.0277. The molecule has 1 unspecified atom stereocenters. The number of para-hydroxylation sites is 1. The van der Waals surface area contributed by atoms with Crippen molar-refractivity contribution in [1.29, 1.82) is 0 Å². The summed E-state index contributed by atoms with van der Waals surface area (Å²) >= 11 is 0. The smallest absolute Gasteiger partial charge is 0.337 e. The molecule has 6 heteroatoms. The number of ether oxygens (including phenoxy) is 2. The van der Waals surface area contributed by atoms with E-state index in [-0.39, 0.29) is 11.9 Å². The summed E-state index contributed by atoms with van der Waals surface area (Å²) < 4.78 is 12.1. The molecule has 0 aromatic heterocycles. The molecular weight excluding hydrogens is 464 g/mol. The maximum atomic E-state index is 13.8.